The molecule has 1 N–H and O–H groups in total. The molecule has 176 valence electrons. The highest BCUT2D eigenvalue weighted by molar-refractivity contribution is 8.00. The molecule has 0 aliphatic rings. The van der Waals surface area contributed by atoms with Crippen LogP contribution in [0.1, 0.15) is 30.3 Å². The highest BCUT2D eigenvalue weighted by Crippen LogP contribution is 2.31. The van der Waals surface area contributed by atoms with Crippen LogP contribution in [0.4, 0.5) is 13.2 Å². The fourth-order valence-corrected chi connectivity index (χ4v) is 4.02. The van der Waals surface area contributed by atoms with Crippen molar-refractivity contribution in [2.24, 2.45) is 7.05 Å². The summed E-state index contributed by atoms with van der Waals surface area (Å²) in [6, 6.07) is 9.46. The minimum atomic E-state index is -4.47. The third kappa shape index (κ3) is 5.59. The van der Waals surface area contributed by atoms with Crippen LogP contribution in [0, 0.1) is 6.92 Å². The number of hydrogen-bond acceptors (Lipinski definition) is 5. The SMILES string of the molecule is CCC(Sc1ccc(OCc2nn(-c3ccc(C(F)(F)F)cc3)c(=O)n2C)c(C)c1)C(=O)O. The van der Waals surface area contributed by atoms with E-state index in [0.29, 0.717) is 12.2 Å². The van der Waals surface area contributed by atoms with Gasteiger partial charge in [-0.15, -0.1) is 16.9 Å². The lowest BCUT2D eigenvalue weighted by atomic mass is 10.2. The van der Waals surface area contributed by atoms with Crippen LogP contribution in [0.2, 0.25) is 0 Å². The molecule has 33 heavy (non-hydrogen) atoms. The number of thioether (sulfide) groups is 1. The summed E-state index contributed by atoms with van der Waals surface area (Å²) in [5.74, 6) is -0.0426. The molecule has 0 aliphatic heterocycles. The number of alkyl halides is 3. The molecule has 1 atom stereocenters. The van der Waals surface area contributed by atoms with Gasteiger partial charge in [-0.05, 0) is 61.4 Å². The number of hydrogen-bond donors (Lipinski definition) is 1. The molecule has 0 saturated heterocycles. The zero-order valence-corrected chi connectivity index (χ0v) is 18.9. The zero-order valence-electron chi connectivity index (χ0n) is 18.1. The number of aromatic nitrogens is 3. The summed E-state index contributed by atoms with van der Waals surface area (Å²) in [4.78, 5) is 24.6. The van der Waals surface area contributed by atoms with Crippen LogP contribution in [0.3, 0.4) is 0 Å². The number of carboxylic acids is 1. The number of rotatable bonds is 8. The number of aryl methyl sites for hydroxylation is 1. The maximum Gasteiger partial charge on any atom is 0.416 e. The Balaban J connectivity index is 1.75. The van der Waals surface area contributed by atoms with E-state index in [2.05, 4.69) is 5.10 Å². The van der Waals surface area contributed by atoms with Crippen molar-refractivity contribution >= 4 is 17.7 Å². The fraction of sp³-hybridized carbons (Fsp3) is 0.318. The topological polar surface area (TPSA) is 86.4 Å². The molecule has 1 heterocycles. The van der Waals surface area contributed by atoms with Gasteiger partial charge in [-0.1, -0.05) is 6.92 Å². The monoisotopic (exact) mass is 481 g/mol. The van der Waals surface area contributed by atoms with Crippen molar-refractivity contribution in [2.45, 2.75) is 43.2 Å². The molecule has 0 aliphatic carbocycles. The Morgan fingerprint density at radius 2 is 1.88 bits per heavy atom. The standard InChI is InChI=1S/C22H22F3N3O4S/c1-4-18(20(29)30)33-16-9-10-17(13(2)11-16)32-12-19-26-28(21(31)27(19)3)15-7-5-14(6-8-15)22(23,24)25/h5-11,18H,4,12H2,1-3H3,(H,29,30). The van der Waals surface area contributed by atoms with Crippen molar-refractivity contribution in [3.8, 4) is 11.4 Å². The van der Waals surface area contributed by atoms with E-state index in [9.17, 15) is 27.9 Å². The highest BCUT2D eigenvalue weighted by Gasteiger charge is 2.30. The summed E-state index contributed by atoms with van der Waals surface area (Å²) >= 11 is 1.26. The van der Waals surface area contributed by atoms with E-state index in [1.165, 1.54) is 35.5 Å². The van der Waals surface area contributed by atoms with Crippen molar-refractivity contribution in [3.63, 3.8) is 0 Å². The van der Waals surface area contributed by atoms with Gasteiger partial charge in [0.15, 0.2) is 5.82 Å². The minimum absolute atomic E-state index is 0.0422. The van der Waals surface area contributed by atoms with Gasteiger partial charge in [0.1, 0.15) is 17.6 Å². The normalized spacial score (nSPS) is 12.5. The summed E-state index contributed by atoms with van der Waals surface area (Å²) < 4.78 is 46.4. The highest BCUT2D eigenvalue weighted by atomic mass is 32.2. The van der Waals surface area contributed by atoms with E-state index in [-0.39, 0.29) is 18.1 Å². The van der Waals surface area contributed by atoms with Crippen LogP contribution >= 0.6 is 11.8 Å². The molecule has 7 nitrogen and oxygen atoms in total. The molecular formula is C22H22F3N3O4S. The number of carboxylic acid groups (broad SMARTS) is 1. The largest absolute Gasteiger partial charge is 0.485 e. The Morgan fingerprint density at radius 1 is 1.21 bits per heavy atom. The first-order valence-electron chi connectivity index (χ1n) is 9.96. The van der Waals surface area contributed by atoms with Gasteiger partial charge in [0.25, 0.3) is 0 Å². The molecule has 0 bridgehead atoms. The quantitative estimate of drug-likeness (QED) is 0.479. The van der Waals surface area contributed by atoms with Crippen LogP contribution in [-0.2, 0) is 24.6 Å². The third-order valence-electron chi connectivity index (χ3n) is 4.94. The molecule has 0 radical (unpaired) electrons. The summed E-state index contributed by atoms with van der Waals surface area (Å²) in [7, 11) is 1.50. The molecule has 0 amide bonds. The number of benzene rings is 2. The second-order valence-electron chi connectivity index (χ2n) is 7.28. The average Bonchev–Trinajstić information content (AvgIpc) is 3.04. The van der Waals surface area contributed by atoms with Gasteiger partial charge in [0.05, 0.1) is 11.3 Å². The van der Waals surface area contributed by atoms with E-state index < -0.39 is 28.6 Å². The molecule has 11 heteroatoms. The lowest BCUT2D eigenvalue weighted by Gasteiger charge is -2.12. The molecule has 0 spiro atoms. The maximum absolute atomic E-state index is 12.8. The van der Waals surface area contributed by atoms with E-state index >= 15 is 0 Å². The number of ether oxygens (including phenoxy) is 1. The molecule has 2 aromatic carbocycles. The van der Waals surface area contributed by atoms with Gasteiger partial charge in [0, 0.05) is 11.9 Å². The van der Waals surface area contributed by atoms with Crippen molar-refractivity contribution < 1.29 is 27.8 Å². The average molecular weight is 481 g/mol. The van der Waals surface area contributed by atoms with Gasteiger partial charge in [-0.3, -0.25) is 9.36 Å². The summed E-state index contributed by atoms with van der Waals surface area (Å²) in [6.45, 7) is 3.59. The molecule has 3 aromatic rings. The second kappa shape index (κ2) is 9.74. The van der Waals surface area contributed by atoms with E-state index in [1.54, 1.807) is 12.1 Å². The summed E-state index contributed by atoms with van der Waals surface area (Å²) in [5.41, 5.74) is -0.343. The van der Waals surface area contributed by atoms with Crippen LogP contribution in [0.5, 0.6) is 5.75 Å². The first kappa shape index (κ1) is 24.4. The number of nitrogens with zero attached hydrogens (tertiary/aromatic N) is 3. The second-order valence-corrected chi connectivity index (χ2v) is 8.56. The Bertz CT molecular complexity index is 1200. The van der Waals surface area contributed by atoms with Crippen LogP contribution < -0.4 is 10.4 Å². The van der Waals surface area contributed by atoms with Crippen molar-refractivity contribution in [3.05, 3.63) is 69.9 Å². The Morgan fingerprint density at radius 3 is 2.42 bits per heavy atom. The maximum atomic E-state index is 12.8. The van der Waals surface area contributed by atoms with E-state index in [1.807, 2.05) is 19.9 Å². The lowest BCUT2D eigenvalue weighted by Crippen LogP contribution is -2.22. The van der Waals surface area contributed by atoms with Gasteiger partial charge in [-0.25, -0.2) is 4.79 Å². The first-order chi connectivity index (χ1) is 15.5. The molecule has 3 rings (SSSR count). The van der Waals surface area contributed by atoms with Gasteiger partial charge < -0.3 is 9.84 Å². The van der Waals surface area contributed by atoms with Gasteiger partial charge in [0.2, 0.25) is 0 Å². The molecule has 1 unspecified atom stereocenters. The predicted octanol–water partition coefficient (Wildman–Crippen LogP) is 4.43. The molecule has 0 fully saturated rings. The number of halogens is 3. The number of carbonyl (C=O) groups is 1. The minimum Gasteiger partial charge on any atom is -0.485 e. The fourth-order valence-electron chi connectivity index (χ4n) is 3.04. The Hall–Kier alpha value is -3.21. The number of aliphatic carboxylic acids is 1. The zero-order chi connectivity index (χ0) is 24.3. The summed E-state index contributed by atoms with van der Waals surface area (Å²) in [5, 5.41) is 12.9. The van der Waals surface area contributed by atoms with Crippen LogP contribution in [0.25, 0.3) is 5.69 Å². The third-order valence-corrected chi connectivity index (χ3v) is 6.28. The first-order valence-corrected chi connectivity index (χ1v) is 10.8. The molecule has 0 saturated carbocycles. The Labute approximate surface area is 191 Å². The van der Waals surface area contributed by atoms with Crippen LogP contribution in [0.15, 0.2) is 52.2 Å². The Kier molecular flexibility index (Phi) is 7.21. The van der Waals surface area contributed by atoms with Crippen molar-refractivity contribution in [1.29, 1.82) is 0 Å². The summed E-state index contributed by atoms with van der Waals surface area (Å²) in [6.07, 6.45) is -3.98. The predicted molar refractivity (Wildman–Crippen MR) is 117 cm³/mol. The smallest absolute Gasteiger partial charge is 0.416 e. The lowest BCUT2D eigenvalue weighted by molar-refractivity contribution is -0.138. The van der Waals surface area contributed by atoms with E-state index in [4.69, 9.17) is 4.74 Å². The molecular weight excluding hydrogens is 459 g/mol. The molecule has 1 aromatic heterocycles. The van der Waals surface area contributed by atoms with Gasteiger partial charge >= 0.3 is 17.8 Å². The van der Waals surface area contributed by atoms with Gasteiger partial charge in [-0.2, -0.15) is 17.9 Å². The van der Waals surface area contributed by atoms with Crippen molar-refractivity contribution in [1.82, 2.24) is 14.3 Å². The van der Waals surface area contributed by atoms with E-state index in [0.717, 1.165) is 27.3 Å². The van der Waals surface area contributed by atoms with Crippen molar-refractivity contribution in [2.75, 3.05) is 0 Å². The van der Waals surface area contributed by atoms with Crippen LogP contribution in [-0.4, -0.2) is 30.7 Å².